The van der Waals surface area contributed by atoms with Crippen molar-refractivity contribution in [2.45, 2.75) is 25.7 Å². The molecule has 2 rings (SSSR count). The lowest BCUT2D eigenvalue weighted by Gasteiger charge is -2.23. The van der Waals surface area contributed by atoms with Gasteiger partial charge in [0.05, 0.1) is 30.1 Å². The van der Waals surface area contributed by atoms with Crippen LogP contribution in [0.2, 0.25) is 0 Å². The Hall–Kier alpha value is -2.28. The number of para-hydroxylation sites is 1. The van der Waals surface area contributed by atoms with Crippen molar-refractivity contribution in [2.75, 3.05) is 12.4 Å². The summed E-state index contributed by atoms with van der Waals surface area (Å²) >= 11 is 0. The van der Waals surface area contributed by atoms with E-state index in [1.165, 1.54) is 24.5 Å². The molecule has 1 aromatic heterocycles. The summed E-state index contributed by atoms with van der Waals surface area (Å²) in [6, 6.07) is 7.77. The van der Waals surface area contributed by atoms with E-state index in [1.807, 2.05) is 0 Å². The number of carbonyl (C=O) groups excluding carboxylic acids is 1. The maximum absolute atomic E-state index is 12.9. The normalized spacial score (nSPS) is 13.1. The van der Waals surface area contributed by atoms with Crippen molar-refractivity contribution in [3.63, 3.8) is 0 Å². The molecule has 0 spiro atoms. The van der Waals surface area contributed by atoms with Gasteiger partial charge in [0, 0.05) is 0 Å². The summed E-state index contributed by atoms with van der Waals surface area (Å²) in [5, 5.41) is 2.35. The van der Waals surface area contributed by atoms with E-state index in [-0.39, 0.29) is 5.69 Å². The Morgan fingerprint density at radius 1 is 1.26 bits per heavy atom. The van der Waals surface area contributed by atoms with Gasteiger partial charge in [-0.1, -0.05) is 12.1 Å². The fourth-order valence-electron chi connectivity index (χ4n) is 2.06. The van der Waals surface area contributed by atoms with Gasteiger partial charge in [-0.05, 0) is 38.2 Å². The molecule has 0 radical (unpaired) electrons. The lowest BCUT2D eigenvalue weighted by atomic mass is 10.1. The maximum atomic E-state index is 12.9. The van der Waals surface area contributed by atoms with Crippen LogP contribution in [0.3, 0.4) is 0 Å². The van der Waals surface area contributed by atoms with Crippen molar-refractivity contribution in [3.05, 3.63) is 54.0 Å². The molecule has 1 unspecified atom stereocenters. The van der Waals surface area contributed by atoms with E-state index >= 15 is 0 Å². The molecule has 23 heavy (non-hydrogen) atoms. The average Bonchev–Trinajstić information content (AvgIpc) is 2.98. The number of likely N-dealkylation sites (N-methyl/N-ethyl adjacent to an activating group) is 1. The Labute approximate surface area is 131 Å². The number of amides is 1. The number of hydrogen-bond donors (Lipinski definition) is 1. The van der Waals surface area contributed by atoms with Gasteiger partial charge in [0.15, 0.2) is 0 Å². The van der Waals surface area contributed by atoms with Crippen molar-refractivity contribution in [1.29, 1.82) is 0 Å². The molecule has 0 aliphatic carbocycles. The van der Waals surface area contributed by atoms with Crippen LogP contribution < -0.4 is 5.32 Å². The maximum Gasteiger partial charge on any atom is 0.418 e. The highest BCUT2D eigenvalue weighted by Gasteiger charge is 2.34. The van der Waals surface area contributed by atoms with Crippen LogP contribution in [0.5, 0.6) is 0 Å². The minimum atomic E-state index is -4.52. The monoisotopic (exact) mass is 326 g/mol. The third-order valence-electron chi connectivity index (χ3n) is 3.52. The number of hydrogen-bond acceptors (Lipinski definition) is 3. The number of anilines is 1. The van der Waals surface area contributed by atoms with E-state index in [0.717, 1.165) is 6.07 Å². The third kappa shape index (κ3) is 4.35. The zero-order valence-electron chi connectivity index (χ0n) is 12.7. The fourth-order valence-corrected chi connectivity index (χ4v) is 2.06. The van der Waals surface area contributed by atoms with E-state index in [4.69, 9.17) is 4.42 Å². The van der Waals surface area contributed by atoms with Crippen LogP contribution >= 0.6 is 0 Å². The Balaban J connectivity index is 2.07. The first-order valence-corrected chi connectivity index (χ1v) is 6.98. The number of rotatable bonds is 5. The lowest BCUT2D eigenvalue weighted by Crippen LogP contribution is -2.39. The number of alkyl halides is 3. The predicted octanol–water partition coefficient (Wildman–Crippen LogP) is 3.76. The molecule has 1 aromatic carbocycles. The average molecular weight is 326 g/mol. The summed E-state index contributed by atoms with van der Waals surface area (Å²) in [4.78, 5) is 13.9. The molecule has 2 aromatic rings. The number of nitrogens with zero attached hydrogens (tertiary/aromatic N) is 1. The van der Waals surface area contributed by atoms with Crippen molar-refractivity contribution in [2.24, 2.45) is 0 Å². The van der Waals surface area contributed by atoms with Gasteiger partial charge < -0.3 is 9.73 Å². The van der Waals surface area contributed by atoms with Crippen molar-refractivity contribution in [3.8, 4) is 0 Å². The number of furan rings is 1. The number of nitrogens with one attached hydrogen (secondary N) is 1. The van der Waals surface area contributed by atoms with E-state index in [2.05, 4.69) is 5.32 Å². The summed E-state index contributed by atoms with van der Waals surface area (Å²) < 4.78 is 44.0. The fraction of sp³-hybridized carbons (Fsp3) is 0.312. The lowest BCUT2D eigenvalue weighted by molar-refractivity contribution is -0.137. The summed E-state index contributed by atoms with van der Waals surface area (Å²) in [6.45, 7) is 2.00. The van der Waals surface area contributed by atoms with Crippen LogP contribution in [0.15, 0.2) is 47.1 Å². The molecule has 7 heteroatoms. The second-order valence-electron chi connectivity index (χ2n) is 5.20. The topological polar surface area (TPSA) is 45.5 Å². The molecule has 0 saturated carbocycles. The first kappa shape index (κ1) is 17.1. The Morgan fingerprint density at radius 2 is 1.96 bits per heavy atom. The summed E-state index contributed by atoms with van der Waals surface area (Å²) in [5.74, 6) is 0.151. The van der Waals surface area contributed by atoms with Gasteiger partial charge in [-0.15, -0.1) is 0 Å². The summed E-state index contributed by atoms with van der Waals surface area (Å²) in [6.07, 6.45) is -3.00. The Kier molecular flexibility index (Phi) is 5.10. The molecule has 0 bridgehead atoms. The van der Waals surface area contributed by atoms with Gasteiger partial charge in [-0.2, -0.15) is 13.2 Å². The van der Waals surface area contributed by atoms with E-state index in [9.17, 15) is 18.0 Å². The number of carbonyl (C=O) groups is 1. The van der Waals surface area contributed by atoms with Gasteiger partial charge in [0.2, 0.25) is 5.91 Å². The predicted molar refractivity (Wildman–Crippen MR) is 79.7 cm³/mol. The first-order chi connectivity index (χ1) is 10.8. The van der Waals surface area contributed by atoms with Crippen LogP contribution in [-0.4, -0.2) is 23.9 Å². The minimum Gasteiger partial charge on any atom is -0.468 e. The SMILES string of the molecule is CC(C(=O)Nc1ccccc1C(F)(F)F)N(C)Cc1ccco1. The second-order valence-corrected chi connectivity index (χ2v) is 5.20. The molecule has 0 saturated heterocycles. The minimum absolute atomic E-state index is 0.247. The standard InChI is InChI=1S/C16H17F3N2O2/c1-11(21(2)10-12-6-5-9-23-12)15(22)20-14-8-4-3-7-13(14)16(17,18)19/h3-9,11H,10H2,1-2H3,(H,20,22). The van der Waals surface area contributed by atoms with Crippen LogP contribution in [0.4, 0.5) is 18.9 Å². The van der Waals surface area contributed by atoms with Crippen LogP contribution in [0.25, 0.3) is 0 Å². The quantitative estimate of drug-likeness (QED) is 0.910. The van der Waals surface area contributed by atoms with Crippen molar-refractivity contribution < 1.29 is 22.4 Å². The van der Waals surface area contributed by atoms with Gasteiger partial charge in [0.1, 0.15) is 5.76 Å². The van der Waals surface area contributed by atoms with Crippen molar-refractivity contribution >= 4 is 11.6 Å². The molecule has 0 aliphatic heterocycles. The number of halogens is 3. The van der Waals surface area contributed by atoms with Crippen LogP contribution in [0.1, 0.15) is 18.2 Å². The van der Waals surface area contributed by atoms with E-state index < -0.39 is 23.7 Å². The smallest absolute Gasteiger partial charge is 0.418 e. The zero-order valence-corrected chi connectivity index (χ0v) is 12.7. The molecular weight excluding hydrogens is 309 g/mol. The van der Waals surface area contributed by atoms with Crippen molar-refractivity contribution in [1.82, 2.24) is 4.90 Å². The molecule has 0 aliphatic rings. The molecule has 0 fully saturated rings. The highest BCUT2D eigenvalue weighted by molar-refractivity contribution is 5.95. The van der Waals surface area contributed by atoms with Gasteiger partial charge >= 0.3 is 6.18 Å². The third-order valence-corrected chi connectivity index (χ3v) is 3.52. The van der Waals surface area contributed by atoms with Crippen LogP contribution in [0, 0.1) is 0 Å². The van der Waals surface area contributed by atoms with E-state index in [1.54, 1.807) is 31.0 Å². The highest BCUT2D eigenvalue weighted by atomic mass is 19.4. The largest absolute Gasteiger partial charge is 0.468 e. The Bertz CT molecular complexity index is 654. The van der Waals surface area contributed by atoms with Crippen LogP contribution in [-0.2, 0) is 17.5 Å². The first-order valence-electron chi connectivity index (χ1n) is 6.98. The molecular formula is C16H17F3N2O2. The molecule has 1 N–H and O–H groups in total. The molecule has 1 atom stereocenters. The molecule has 124 valence electrons. The van der Waals surface area contributed by atoms with Gasteiger partial charge in [0.25, 0.3) is 0 Å². The molecule has 1 heterocycles. The summed E-state index contributed by atoms with van der Waals surface area (Å²) in [7, 11) is 1.70. The Morgan fingerprint density at radius 3 is 2.57 bits per heavy atom. The molecule has 4 nitrogen and oxygen atoms in total. The van der Waals surface area contributed by atoms with Gasteiger partial charge in [-0.25, -0.2) is 0 Å². The number of benzene rings is 1. The van der Waals surface area contributed by atoms with E-state index in [0.29, 0.717) is 12.3 Å². The molecule has 1 amide bonds. The van der Waals surface area contributed by atoms with Gasteiger partial charge in [-0.3, -0.25) is 9.69 Å². The summed E-state index contributed by atoms with van der Waals surface area (Å²) in [5.41, 5.74) is -1.11. The zero-order chi connectivity index (χ0) is 17.0. The second kappa shape index (κ2) is 6.87. The highest BCUT2D eigenvalue weighted by Crippen LogP contribution is 2.34.